The SMILES string of the molecule is COCC1CCN(C(=O)c2cccnc2OC)CC1. The molecule has 0 radical (unpaired) electrons. The molecule has 1 saturated heterocycles. The van der Waals surface area contributed by atoms with Crippen molar-refractivity contribution in [3.8, 4) is 5.88 Å². The number of ether oxygens (including phenoxy) is 2. The van der Waals surface area contributed by atoms with E-state index in [1.807, 2.05) is 4.90 Å². The summed E-state index contributed by atoms with van der Waals surface area (Å²) in [7, 11) is 3.25. The van der Waals surface area contributed by atoms with Gasteiger partial charge in [-0.2, -0.15) is 0 Å². The third-order valence-electron chi connectivity index (χ3n) is 3.50. The number of hydrogen-bond donors (Lipinski definition) is 0. The summed E-state index contributed by atoms with van der Waals surface area (Å²) in [6.07, 6.45) is 3.60. The number of pyridine rings is 1. The zero-order valence-corrected chi connectivity index (χ0v) is 11.5. The van der Waals surface area contributed by atoms with Crippen molar-refractivity contribution in [2.75, 3.05) is 33.9 Å². The predicted octanol–water partition coefficient (Wildman–Crippen LogP) is 1.59. The third kappa shape index (κ3) is 3.23. The van der Waals surface area contributed by atoms with E-state index in [-0.39, 0.29) is 5.91 Å². The first-order chi connectivity index (χ1) is 9.26. The molecule has 1 amide bonds. The maximum atomic E-state index is 12.4. The molecule has 0 spiro atoms. The van der Waals surface area contributed by atoms with Crippen molar-refractivity contribution in [1.82, 2.24) is 9.88 Å². The molecule has 1 aliphatic heterocycles. The molecule has 5 nitrogen and oxygen atoms in total. The van der Waals surface area contributed by atoms with Gasteiger partial charge in [0, 0.05) is 33.0 Å². The van der Waals surface area contributed by atoms with Gasteiger partial charge in [0.1, 0.15) is 5.56 Å². The summed E-state index contributed by atoms with van der Waals surface area (Å²) in [5.41, 5.74) is 0.537. The van der Waals surface area contributed by atoms with Gasteiger partial charge >= 0.3 is 0 Å². The van der Waals surface area contributed by atoms with E-state index in [1.54, 1.807) is 25.4 Å². The zero-order chi connectivity index (χ0) is 13.7. The molecule has 0 atom stereocenters. The number of amides is 1. The highest BCUT2D eigenvalue weighted by molar-refractivity contribution is 5.96. The summed E-state index contributed by atoms with van der Waals surface area (Å²) in [6.45, 7) is 2.31. The summed E-state index contributed by atoms with van der Waals surface area (Å²) < 4.78 is 10.3. The van der Waals surface area contributed by atoms with E-state index >= 15 is 0 Å². The van der Waals surface area contributed by atoms with Crippen LogP contribution in [-0.2, 0) is 4.74 Å². The fourth-order valence-corrected chi connectivity index (χ4v) is 2.43. The van der Waals surface area contributed by atoms with Crippen molar-refractivity contribution in [3.63, 3.8) is 0 Å². The Kier molecular flexibility index (Phi) is 4.74. The first kappa shape index (κ1) is 13.8. The summed E-state index contributed by atoms with van der Waals surface area (Å²) in [5, 5.41) is 0. The second kappa shape index (κ2) is 6.52. The van der Waals surface area contributed by atoms with Crippen molar-refractivity contribution in [3.05, 3.63) is 23.9 Å². The van der Waals surface area contributed by atoms with Crippen molar-refractivity contribution in [1.29, 1.82) is 0 Å². The molecule has 1 aromatic heterocycles. The molecule has 0 unspecified atom stereocenters. The topological polar surface area (TPSA) is 51.7 Å². The second-order valence-corrected chi connectivity index (χ2v) is 4.75. The fraction of sp³-hybridized carbons (Fsp3) is 0.571. The number of aromatic nitrogens is 1. The predicted molar refractivity (Wildman–Crippen MR) is 71.3 cm³/mol. The Hall–Kier alpha value is -1.62. The van der Waals surface area contributed by atoms with Crippen LogP contribution in [-0.4, -0.2) is 49.7 Å². The maximum Gasteiger partial charge on any atom is 0.259 e. The van der Waals surface area contributed by atoms with Crippen LogP contribution in [0.3, 0.4) is 0 Å². The summed E-state index contributed by atoms with van der Waals surface area (Å²) in [5.74, 6) is 0.956. The fourth-order valence-electron chi connectivity index (χ4n) is 2.43. The monoisotopic (exact) mass is 264 g/mol. The van der Waals surface area contributed by atoms with Gasteiger partial charge in [0.15, 0.2) is 0 Å². The van der Waals surface area contributed by atoms with E-state index in [9.17, 15) is 4.79 Å². The Balaban J connectivity index is 2.01. The van der Waals surface area contributed by atoms with E-state index in [0.29, 0.717) is 17.4 Å². The standard InChI is InChI=1S/C14H20N2O3/c1-18-10-11-5-8-16(9-6-11)14(17)12-4-3-7-15-13(12)19-2/h3-4,7,11H,5-6,8-10H2,1-2H3. The quantitative estimate of drug-likeness (QED) is 0.828. The Labute approximate surface area is 113 Å². The van der Waals surface area contributed by atoms with Crippen LogP contribution in [0.4, 0.5) is 0 Å². The first-order valence-electron chi connectivity index (χ1n) is 6.53. The number of hydrogen-bond acceptors (Lipinski definition) is 4. The van der Waals surface area contributed by atoms with Crippen LogP contribution in [0.2, 0.25) is 0 Å². The van der Waals surface area contributed by atoms with Gasteiger partial charge in [-0.25, -0.2) is 4.98 Å². The lowest BCUT2D eigenvalue weighted by Crippen LogP contribution is -2.39. The number of rotatable bonds is 4. The Morgan fingerprint density at radius 1 is 1.42 bits per heavy atom. The largest absolute Gasteiger partial charge is 0.480 e. The molecule has 1 aromatic rings. The van der Waals surface area contributed by atoms with Gasteiger partial charge < -0.3 is 14.4 Å². The second-order valence-electron chi connectivity index (χ2n) is 4.75. The maximum absolute atomic E-state index is 12.4. The van der Waals surface area contributed by atoms with Gasteiger partial charge in [-0.15, -0.1) is 0 Å². The van der Waals surface area contributed by atoms with Gasteiger partial charge in [0.2, 0.25) is 5.88 Å². The number of nitrogens with zero attached hydrogens (tertiary/aromatic N) is 2. The lowest BCUT2D eigenvalue weighted by molar-refractivity contribution is 0.0610. The molecule has 0 aliphatic carbocycles. The molecule has 0 saturated carbocycles. The normalized spacial score (nSPS) is 16.4. The number of methoxy groups -OCH3 is 2. The molecule has 1 fully saturated rings. The average molecular weight is 264 g/mol. The molecule has 19 heavy (non-hydrogen) atoms. The molecule has 1 aliphatic rings. The molecule has 0 bridgehead atoms. The van der Waals surface area contributed by atoms with E-state index in [1.165, 1.54) is 7.11 Å². The molecule has 2 rings (SSSR count). The Morgan fingerprint density at radius 3 is 2.79 bits per heavy atom. The Bertz CT molecular complexity index is 428. The number of carbonyl (C=O) groups is 1. The first-order valence-corrected chi connectivity index (χ1v) is 6.53. The van der Waals surface area contributed by atoms with Crippen LogP contribution in [0, 0.1) is 5.92 Å². The Morgan fingerprint density at radius 2 is 2.16 bits per heavy atom. The molecule has 104 valence electrons. The summed E-state index contributed by atoms with van der Waals surface area (Å²) >= 11 is 0. The third-order valence-corrected chi connectivity index (χ3v) is 3.50. The highest BCUT2D eigenvalue weighted by atomic mass is 16.5. The number of piperidine rings is 1. The van der Waals surface area contributed by atoms with Gasteiger partial charge in [0.25, 0.3) is 5.91 Å². The van der Waals surface area contributed by atoms with E-state index in [0.717, 1.165) is 32.5 Å². The van der Waals surface area contributed by atoms with E-state index < -0.39 is 0 Å². The van der Waals surface area contributed by atoms with Crippen LogP contribution < -0.4 is 4.74 Å². The molecule has 0 N–H and O–H groups in total. The van der Waals surface area contributed by atoms with E-state index in [2.05, 4.69) is 4.98 Å². The van der Waals surface area contributed by atoms with Gasteiger partial charge in [-0.3, -0.25) is 4.79 Å². The summed E-state index contributed by atoms with van der Waals surface area (Å²) in [4.78, 5) is 18.4. The van der Waals surface area contributed by atoms with Crippen molar-refractivity contribution >= 4 is 5.91 Å². The molecule has 2 heterocycles. The minimum atomic E-state index is 0.000756. The number of carbonyl (C=O) groups excluding carboxylic acids is 1. The van der Waals surface area contributed by atoms with Crippen molar-refractivity contribution in [2.24, 2.45) is 5.92 Å². The van der Waals surface area contributed by atoms with Crippen LogP contribution in [0.15, 0.2) is 18.3 Å². The number of likely N-dealkylation sites (tertiary alicyclic amines) is 1. The van der Waals surface area contributed by atoms with Crippen molar-refractivity contribution in [2.45, 2.75) is 12.8 Å². The highest BCUT2D eigenvalue weighted by Crippen LogP contribution is 2.22. The van der Waals surface area contributed by atoms with Crippen LogP contribution in [0.1, 0.15) is 23.2 Å². The van der Waals surface area contributed by atoms with Gasteiger partial charge in [-0.05, 0) is 30.9 Å². The minimum absolute atomic E-state index is 0.000756. The smallest absolute Gasteiger partial charge is 0.259 e. The lowest BCUT2D eigenvalue weighted by atomic mass is 9.97. The lowest BCUT2D eigenvalue weighted by Gasteiger charge is -2.31. The van der Waals surface area contributed by atoms with Gasteiger partial charge in [0.05, 0.1) is 7.11 Å². The van der Waals surface area contributed by atoms with E-state index in [4.69, 9.17) is 9.47 Å². The summed E-state index contributed by atoms with van der Waals surface area (Å²) in [6, 6.07) is 3.52. The van der Waals surface area contributed by atoms with Crippen LogP contribution in [0.5, 0.6) is 5.88 Å². The van der Waals surface area contributed by atoms with Crippen molar-refractivity contribution < 1.29 is 14.3 Å². The molecular formula is C14H20N2O3. The highest BCUT2D eigenvalue weighted by Gasteiger charge is 2.25. The molecular weight excluding hydrogens is 244 g/mol. The molecule has 5 heteroatoms. The molecule has 0 aromatic carbocycles. The zero-order valence-electron chi connectivity index (χ0n) is 11.5. The van der Waals surface area contributed by atoms with Crippen LogP contribution in [0.25, 0.3) is 0 Å². The van der Waals surface area contributed by atoms with Crippen LogP contribution >= 0.6 is 0 Å². The minimum Gasteiger partial charge on any atom is -0.480 e. The van der Waals surface area contributed by atoms with Gasteiger partial charge in [-0.1, -0.05) is 0 Å². The average Bonchev–Trinajstić information content (AvgIpc) is 2.47.